The molecule has 0 bridgehead atoms. The lowest BCUT2D eigenvalue weighted by Crippen LogP contribution is -2.34. The van der Waals surface area contributed by atoms with Crippen LogP contribution in [-0.4, -0.2) is 24.6 Å². The molecule has 0 aromatic heterocycles. The molecular formula is C17H19FN2O. The van der Waals surface area contributed by atoms with Gasteiger partial charge in [-0.25, -0.2) is 4.39 Å². The van der Waals surface area contributed by atoms with Gasteiger partial charge in [0, 0.05) is 25.3 Å². The zero-order chi connectivity index (χ0) is 14.7. The van der Waals surface area contributed by atoms with Gasteiger partial charge in [-0.3, -0.25) is 4.90 Å². The van der Waals surface area contributed by atoms with Crippen molar-refractivity contribution in [3.8, 4) is 5.75 Å². The number of anilines is 1. The molecule has 0 saturated carbocycles. The molecule has 0 radical (unpaired) electrons. The van der Waals surface area contributed by atoms with Crippen molar-refractivity contribution in [2.75, 3.05) is 25.4 Å². The van der Waals surface area contributed by atoms with E-state index in [1.54, 1.807) is 18.2 Å². The largest absolute Gasteiger partial charge is 0.489 e. The Balaban J connectivity index is 1.55. The summed E-state index contributed by atoms with van der Waals surface area (Å²) in [7, 11) is 0. The van der Waals surface area contributed by atoms with Crippen molar-refractivity contribution in [2.24, 2.45) is 0 Å². The predicted molar refractivity (Wildman–Crippen MR) is 81.7 cm³/mol. The number of rotatable bonds is 4. The first-order chi connectivity index (χ1) is 10.2. The van der Waals surface area contributed by atoms with Crippen molar-refractivity contribution in [1.82, 2.24) is 4.90 Å². The Morgan fingerprint density at radius 1 is 1.14 bits per heavy atom. The molecule has 0 saturated heterocycles. The topological polar surface area (TPSA) is 38.5 Å². The van der Waals surface area contributed by atoms with Gasteiger partial charge >= 0.3 is 0 Å². The summed E-state index contributed by atoms with van der Waals surface area (Å²) in [5.41, 5.74) is 9.43. The molecule has 0 spiro atoms. The Labute approximate surface area is 124 Å². The van der Waals surface area contributed by atoms with Gasteiger partial charge in [-0.05, 0) is 35.7 Å². The van der Waals surface area contributed by atoms with Crippen LogP contribution in [-0.2, 0) is 13.0 Å². The maximum absolute atomic E-state index is 13.4. The molecule has 2 N–H and O–H groups in total. The Morgan fingerprint density at radius 2 is 2.00 bits per heavy atom. The van der Waals surface area contributed by atoms with E-state index in [0.717, 1.165) is 31.7 Å². The molecule has 3 rings (SSSR count). The van der Waals surface area contributed by atoms with Crippen LogP contribution < -0.4 is 10.5 Å². The minimum absolute atomic E-state index is 0.311. The lowest BCUT2D eigenvalue weighted by molar-refractivity contribution is 0.193. The van der Waals surface area contributed by atoms with Crippen LogP contribution in [0.3, 0.4) is 0 Å². The number of halogens is 1. The molecule has 3 nitrogen and oxygen atoms in total. The summed E-state index contributed by atoms with van der Waals surface area (Å²) in [5.74, 6) is 0.00779. The van der Waals surface area contributed by atoms with Crippen LogP contribution in [0.15, 0.2) is 42.5 Å². The van der Waals surface area contributed by atoms with Crippen LogP contribution in [0.25, 0.3) is 0 Å². The highest BCUT2D eigenvalue weighted by Crippen LogP contribution is 2.24. The lowest BCUT2D eigenvalue weighted by Gasteiger charge is -2.29. The molecule has 0 unspecified atom stereocenters. The molecule has 1 aliphatic rings. The van der Waals surface area contributed by atoms with E-state index in [2.05, 4.69) is 11.0 Å². The van der Waals surface area contributed by atoms with E-state index >= 15 is 0 Å². The standard InChI is InChI=1S/C17H19FN2O/c18-15-5-1-2-7-17(15)21-11-10-20-9-8-14-13(12-20)4-3-6-16(14)19/h1-7H,8-12,19H2. The van der Waals surface area contributed by atoms with Gasteiger partial charge in [0.2, 0.25) is 0 Å². The maximum Gasteiger partial charge on any atom is 0.165 e. The monoisotopic (exact) mass is 286 g/mol. The van der Waals surface area contributed by atoms with E-state index in [-0.39, 0.29) is 5.82 Å². The molecule has 0 atom stereocenters. The molecule has 0 amide bonds. The van der Waals surface area contributed by atoms with Crippen molar-refractivity contribution >= 4 is 5.69 Å². The van der Waals surface area contributed by atoms with Crippen LogP contribution in [0.1, 0.15) is 11.1 Å². The first-order valence-corrected chi connectivity index (χ1v) is 7.20. The second-order valence-corrected chi connectivity index (χ2v) is 5.29. The zero-order valence-corrected chi connectivity index (χ0v) is 11.9. The van der Waals surface area contributed by atoms with Gasteiger partial charge in [-0.15, -0.1) is 0 Å². The van der Waals surface area contributed by atoms with Crippen molar-refractivity contribution < 1.29 is 9.13 Å². The summed E-state index contributed by atoms with van der Waals surface area (Å²) in [4.78, 5) is 2.31. The van der Waals surface area contributed by atoms with Gasteiger partial charge in [-0.2, -0.15) is 0 Å². The smallest absolute Gasteiger partial charge is 0.165 e. The van der Waals surface area contributed by atoms with Gasteiger partial charge in [0.1, 0.15) is 6.61 Å². The van der Waals surface area contributed by atoms with E-state index in [9.17, 15) is 4.39 Å². The summed E-state index contributed by atoms with van der Waals surface area (Å²) in [6.45, 7) is 3.10. The molecule has 0 aliphatic carbocycles. The molecule has 2 aromatic rings. The highest BCUT2D eigenvalue weighted by atomic mass is 19.1. The minimum atomic E-state index is -0.311. The fourth-order valence-electron chi connectivity index (χ4n) is 2.73. The first-order valence-electron chi connectivity index (χ1n) is 7.20. The van der Waals surface area contributed by atoms with E-state index in [4.69, 9.17) is 10.5 Å². The van der Waals surface area contributed by atoms with E-state index in [1.165, 1.54) is 17.2 Å². The summed E-state index contributed by atoms with van der Waals surface area (Å²) >= 11 is 0. The number of hydrogen-bond donors (Lipinski definition) is 1. The molecule has 1 aliphatic heterocycles. The van der Waals surface area contributed by atoms with Crippen molar-refractivity contribution in [3.05, 3.63) is 59.4 Å². The average molecular weight is 286 g/mol. The van der Waals surface area contributed by atoms with Crippen molar-refractivity contribution in [1.29, 1.82) is 0 Å². The van der Waals surface area contributed by atoms with Gasteiger partial charge in [0.25, 0.3) is 0 Å². The van der Waals surface area contributed by atoms with Crippen LogP contribution >= 0.6 is 0 Å². The lowest BCUT2D eigenvalue weighted by atomic mass is 9.98. The Morgan fingerprint density at radius 3 is 2.86 bits per heavy atom. The van der Waals surface area contributed by atoms with Crippen LogP contribution in [0.2, 0.25) is 0 Å². The summed E-state index contributed by atoms with van der Waals surface area (Å²) in [6, 6.07) is 12.6. The summed E-state index contributed by atoms with van der Waals surface area (Å²) in [6.07, 6.45) is 0.960. The molecule has 2 aromatic carbocycles. The second-order valence-electron chi connectivity index (χ2n) is 5.29. The number of hydrogen-bond acceptors (Lipinski definition) is 3. The number of fused-ring (bicyclic) bond motifs is 1. The van der Waals surface area contributed by atoms with Crippen LogP contribution in [0, 0.1) is 5.82 Å². The van der Waals surface area contributed by atoms with E-state index in [1.807, 2.05) is 12.1 Å². The highest BCUT2D eigenvalue weighted by Gasteiger charge is 2.17. The normalized spacial score (nSPS) is 14.7. The fraction of sp³-hybridized carbons (Fsp3) is 0.294. The van der Waals surface area contributed by atoms with E-state index in [0.29, 0.717) is 12.4 Å². The molecular weight excluding hydrogens is 267 g/mol. The number of nitrogen functional groups attached to an aromatic ring is 1. The third-order valence-corrected chi connectivity index (χ3v) is 3.88. The molecule has 1 heterocycles. The maximum atomic E-state index is 13.4. The Kier molecular flexibility index (Phi) is 4.06. The highest BCUT2D eigenvalue weighted by molar-refractivity contribution is 5.51. The third kappa shape index (κ3) is 3.16. The minimum Gasteiger partial charge on any atom is -0.489 e. The number of para-hydroxylation sites is 1. The van der Waals surface area contributed by atoms with E-state index < -0.39 is 0 Å². The second kappa shape index (κ2) is 6.14. The zero-order valence-electron chi connectivity index (χ0n) is 11.9. The number of nitrogens with zero attached hydrogens (tertiary/aromatic N) is 1. The third-order valence-electron chi connectivity index (χ3n) is 3.88. The Bertz CT molecular complexity index is 630. The van der Waals surface area contributed by atoms with Gasteiger partial charge < -0.3 is 10.5 Å². The van der Waals surface area contributed by atoms with Crippen molar-refractivity contribution in [3.63, 3.8) is 0 Å². The first kappa shape index (κ1) is 13.9. The van der Waals surface area contributed by atoms with Gasteiger partial charge in [0.05, 0.1) is 0 Å². The van der Waals surface area contributed by atoms with Crippen LogP contribution in [0.5, 0.6) is 5.75 Å². The molecule has 0 fully saturated rings. The van der Waals surface area contributed by atoms with Gasteiger partial charge in [-0.1, -0.05) is 24.3 Å². The molecule has 4 heteroatoms. The average Bonchev–Trinajstić information content (AvgIpc) is 2.49. The van der Waals surface area contributed by atoms with Crippen LogP contribution in [0.4, 0.5) is 10.1 Å². The Hall–Kier alpha value is -2.07. The fourth-order valence-corrected chi connectivity index (χ4v) is 2.73. The summed E-state index contributed by atoms with van der Waals surface area (Å²) < 4.78 is 19.0. The molecule has 21 heavy (non-hydrogen) atoms. The number of benzene rings is 2. The van der Waals surface area contributed by atoms with Gasteiger partial charge in [0.15, 0.2) is 11.6 Å². The van der Waals surface area contributed by atoms with Crippen molar-refractivity contribution in [2.45, 2.75) is 13.0 Å². The molecule has 110 valence electrons. The SMILES string of the molecule is Nc1cccc2c1CCN(CCOc1ccccc1F)C2. The summed E-state index contributed by atoms with van der Waals surface area (Å²) in [5, 5.41) is 0. The number of ether oxygens (including phenoxy) is 1. The quantitative estimate of drug-likeness (QED) is 0.878. The number of nitrogens with two attached hydrogens (primary N) is 1. The predicted octanol–water partition coefficient (Wildman–Crippen LogP) is 2.85.